The smallest absolute Gasteiger partial charge is 0.335 e. The van der Waals surface area contributed by atoms with Gasteiger partial charge in [-0.1, -0.05) is 37.6 Å². The van der Waals surface area contributed by atoms with Crippen LogP contribution in [0.2, 0.25) is 0 Å². The molecule has 1 aliphatic rings. The lowest BCUT2D eigenvalue weighted by atomic mass is 9.93. The maximum absolute atomic E-state index is 12.9. The average Bonchev–Trinajstić information content (AvgIpc) is 2.84. The van der Waals surface area contributed by atoms with Crippen molar-refractivity contribution in [1.82, 2.24) is 15.1 Å². The molecule has 3 rings (SSSR count). The summed E-state index contributed by atoms with van der Waals surface area (Å²) in [6.45, 7) is 4.04. The normalized spacial score (nSPS) is 15.5. The predicted molar refractivity (Wildman–Crippen MR) is 133 cm³/mol. The third-order valence-electron chi connectivity index (χ3n) is 6.15. The van der Waals surface area contributed by atoms with Crippen LogP contribution in [-0.4, -0.2) is 57.9 Å². The van der Waals surface area contributed by atoms with Crippen molar-refractivity contribution in [3.63, 3.8) is 0 Å². The van der Waals surface area contributed by atoms with E-state index in [1.807, 2.05) is 12.1 Å². The van der Waals surface area contributed by atoms with Crippen LogP contribution in [0, 0.1) is 10.1 Å². The van der Waals surface area contributed by atoms with Crippen molar-refractivity contribution in [3.05, 3.63) is 86.6 Å². The lowest BCUT2D eigenvalue weighted by Gasteiger charge is -2.37. The minimum absolute atomic E-state index is 0.0632. The van der Waals surface area contributed by atoms with Crippen molar-refractivity contribution in [2.45, 2.75) is 39.2 Å². The molecule has 1 aliphatic heterocycles. The zero-order valence-corrected chi connectivity index (χ0v) is 20.6. The van der Waals surface area contributed by atoms with Crippen LogP contribution >= 0.6 is 0 Å². The summed E-state index contributed by atoms with van der Waals surface area (Å²) < 4.78 is 0. The van der Waals surface area contributed by atoms with Gasteiger partial charge in [-0.25, -0.2) is 9.59 Å². The van der Waals surface area contributed by atoms with E-state index < -0.39 is 23.0 Å². The zero-order chi connectivity index (χ0) is 26.4. The number of aryl methyl sites for hydroxylation is 1. The number of nitro benzene ring substituents is 1. The van der Waals surface area contributed by atoms with Gasteiger partial charge in [-0.15, -0.1) is 0 Å². The van der Waals surface area contributed by atoms with Gasteiger partial charge in [-0.05, 0) is 43.0 Å². The molecular formula is C26H30N4O6. The number of benzene rings is 2. The molecule has 0 saturated heterocycles. The Kier molecular flexibility index (Phi) is 8.42. The zero-order valence-electron chi connectivity index (χ0n) is 20.6. The van der Waals surface area contributed by atoms with E-state index in [0.29, 0.717) is 24.1 Å². The highest BCUT2D eigenvalue weighted by Gasteiger charge is 2.38. The van der Waals surface area contributed by atoms with Crippen LogP contribution in [0.4, 0.5) is 10.5 Å². The summed E-state index contributed by atoms with van der Waals surface area (Å²) in [5.41, 5.74) is 1.97. The maximum Gasteiger partial charge on any atom is 0.335 e. The highest BCUT2D eigenvalue weighted by molar-refractivity contribution is 5.94. The van der Waals surface area contributed by atoms with Gasteiger partial charge in [0.2, 0.25) is 0 Å². The molecule has 0 fully saturated rings. The lowest BCUT2D eigenvalue weighted by Crippen LogP contribution is -2.49. The number of aliphatic carboxylic acids is 1. The number of amides is 3. The summed E-state index contributed by atoms with van der Waals surface area (Å²) in [5, 5.41) is 23.7. The third-order valence-corrected chi connectivity index (χ3v) is 6.15. The summed E-state index contributed by atoms with van der Waals surface area (Å²) >= 11 is 0. The first kappa shape index (κ1) is 26.4. The minimum Gasteiger partial charge on any atom is -0.478 e. The number of rotatable bonds is 10. The molecule has 3 amide bonds. The van der Waals surface area contributed by atoms with Crippen LogP contribution in [-0.2, 0) is 11.2 Å². The first-order valence-electron chi connectivity index (χ1n) is 11.7. The van der Waals surface area contributed by atoms with Crippen molar-refractivity contribution in [2.75, 3.05) is 20.1 Å². The van der Waals surface area contributed by atoms with Gasteiger partial charge in [0.25, 0.3) is 11.6 Å². The Labute approximate surface area is 209 Å². The van der Waals surface area contributed by atoms with Gasteiger partial charge in [-0.3, -0.25) is 14.9 Å². The van der Waals surface area contributed by atoms with Crippen molar-refractivity contribution >= 4 is 23.6 Å². The molecule has 0 radical (unpaired) electrons. The standard InChI is InChI=1S/C26H30N4O6/c1-4-7-18-10-12-19(13-11-18)24(31)28(3)14-6-15-29-23(20-8-5-9-21(16-20)30(35)36)22(25(32)33)17(2)27-26(29)34/h5,8-13,16,23H,4,6-7,14-15H2,1-3H3,(H,27,34)(H,32,33). The van der Waals surface area contributed by atoms with Gasteiger partial charge in [0.05, 0.1) is 16.5 Å². The SMILES string of the molecule is CCCc1ccc(C(=O)N(C)CCCN2C(=O)NC(C)=C(C(=O)O)C2c2cccc([N+](=O)[O-])c2)cc1. The fraction of sp³-hybridized carbons (Fsp3) is 0.346. The summed E-state index contributed by atoms with van der Waals surface area (Å²) in [6.07, 6.45) is 2.34. The molecule has 36 heavy (non-hydrogen) atoms. The molecule has 2 aromatic rings. The van der Waals surface area contributed by atoms with E-state index in [2.05, 4.69) is 12.2 Å². The summed E-state index contributed by atoms with van der Waals surface area (Å²) in [7, 11) is 1.67. The number of carbonyl (C=O) groups excluding carboxylic acids is 2. The van der Waals surface area contributed by atoms with E-state index in [0.717, 1.165) is 18.4 Å². The third kappa shape index (κ3) is 5.88. The molecule has 2 N–H and O–H groups in total. The predicted octanol–water partition coefficient (Wildman–Crippen LogP) is 4.13. The number of carboxylic acid groups (broad SMARTS) is 1. The average molecular weight is 495 g/mol. The molecule has 1 unspecified atom stereocenters. The Bertz CT molecular complexity index is 1190. The van der Waals surface area contributed by atoms with Crippen LogP contribution in [0.25, 0.3) is 0 Å². The van der Waals surface area contributed by atoms with E-state index in [4.69, 9.17) is 0 Å². The second-order valence-corrected chi connectivity index (χ2v) is 8.75. The number of carboxylic acids is 1. The Hall–Kier alpha value is -4.21. The summed E-state index contributed by atoms with van der Waals surface area (Å²) in [4.78, 5) is 51.4. The molecule has 0 saturated carbocycles. The molecule has 190 valence electrons. The molecule has 1 atom stereocenters. The van der Waals surface area contributed by atoms with Gasteiger partial charge in [0.1, 0.15) is 0 Å². The Balaban J connectivity index is 1.77. The van der Waals surface area contributed by atoms with E-state index in [1.54, 1.807) is 30.1 Å². The fourth-order valence-electron chi connectivity index (χ4n) is 4.34. The van der Waals surface area contributed by atoms with E-state index >= 15 is 0 Å². The Morgan fingerprint density at radius 1 is 1.19 bits per heavy atom. The minimum atomic E-state index is -1.23. The molecule has 0 spiro atoms. The van der Waals surface area contributed by atoms with Gasteiger partial charge in [0, 0.05) is 43.5 Å². The van der Waals surface area contributed by atoms with E-state index in [-0.39, 0.29) is 29.4 Å². The molecule has 10 heteroatoms. The van der Waals surface area contributed by atoms with Crippen LogP contribution in [0.3, 0.4) is 0 Å². The number of allylic oxidation sites excluding steroid dienone is 1. The lowest BCUT2D eigenvalue weighted by molar-refractivity contribution is -0.384. The van der Waals surface area contributed by atoms with Gasteiger partial charge in [0.15, 0.2) is 0 Å². The highest BCUT2D eigenvalue weighted by atomic mass is 16.6. The number of urea groups is 1. The first-order chi connectivity index (χ1) is 17.1. The van der Waals surface area contributed by atoms with Gasteiger partial charge < -0.3 is 20.2 Å². The van der Waals surface area contributed by atoms with Crippen molar-refractivity contribution < 1.29 is 24.4 Å². The molecular weight excluding hydrogens is 464 g/mol. The number of nitrogens with one attached hydrogen (secondary N) is 1. The molecule has 10 nitrogen and oxygen atoms in total. The molecule has 1 heterocycles. The van der Waals surface area contributed by atoms with Crippen LogP contribution < -0.4 is 5.32 Å². The molecule has 0 aromatic heterocycles. The highest BCUT2D eigenvalue weighted by Crippen LogP contribution is 2.35. The van der Waals surface area contributed by atoms with E-state index in [9.17, 15) is 29.6 Å². The monoisotopic (exact) mass is 494 g/mol. The van der Waals surface area contributed by atoms with Crippen molar-refractivity contribution in [1.29, 1.82) is 0 Å². The maximum atomic E-state index is 12.9. The second-order valence-electron chi connectivity index (χ2n) is 8.75. The number of non-ortho nitro benzene ring substituents is 1. The fourth-order valence-corrected chi connectivity index (χ4v) is 4.34. The Morgan fingerprint density at radius 2 is 1.89 bits per heavy atom. The first-order valence-corrected chi connectivity index (χ1v) is 11.7. The van der Waals surface area contributed by atoms with Crippen LogP contribution in [0.1, 0.15) is 54.2 Å². The van der Waals surface area contributed by atoms with Crippen LogP contribution in [0.5, 0.6) is 0 Å². The van der Waals surface area contributed by atoms with Gasteiger partial charge in [-0.2, -0.15) is 0 Å². The number of carbonyl (C=O) groups is 3. The topological polar surface area (TPSA) is 133 Å². The van der Waals surface area contributed by atoms with E-state index in [1.165, 1.54) is 30.0 Å². The molecule has 0 aliphatic carbocycles. The molecule has 0 bridgehead atoms. The van der Waals surface area contributed by atoms with Gasteiger partial charge >= 0.3 is 12.0 Å². The number of nitro groups is 1. The molecule has 2 aromatic carbocycles. The van der Waals surface area contributed by atoms with Crippen LogP contribution in [0.15, 0.2) is 59.8 Å². The quantitative estimate of drug-likeness (QED) is 0.377. The number of hydrogen-bond donors (Lipinski definition) is 2. The largest absolute Gasteiger partial charge is 0.478 e. The van der Waals surface area contributed by atoms with Crippen molar-refractivity contribution in [2.24, 2.45) is 0 Å². The second kappa shape index (κ2) is 11.5. The summed E-state index contributed by atoms with van der Waals surface area (Å²) in [5.74, 6) is -1.38. The Morgan fingerprint density at radius 3 is 2.50 bits per heavy atom. The summed E-state index contributed by atoms with van der Waals surface area (Å²) in [6, 6.07) is 11.6. The number of hydrogen-bond acceptors (Lipinski definition) is 5. The number of nitrogens with zero attached hydrogens (tertiary/aromatic N) is 3. The van der Waals surface area contributed by atoms with Crippen molar-refractivity contribution in [3.8, 4) is 0 Å².